The molecule has 32 heavy (non-hydrogen) atoms. The summed E-state index contributed by atoms with van der Waals surface area (Å²) < 4.78 is 0. The van der Waals surface area contributed by atoms with Gasteiger partial charge >= 0.3 is 0 Å². The van der Waals surface area contributed by atoms with Crippen molar-refractivity contribution in [3.8, 4) is 0 Å². The Morgan fingerprint density at radius 3 is 2.69 bits per heavy atom. The summed E-state index contributed by atoms with van der Waals surface area (Å²) in [4.78, 5) is 24.1. The van der Waals surface area contributed by atoms with E-state index in [1.807, 2.05) is 11.0 Å². The first-order valence-corrected chi connectivity index (χ1v) is 11.9. The molecule has 1 atom stereocenters. The highest BCUT2D eigenvalue weighted by Gasteiger charge is 2.29. The van der Waals surface area contributed by atoms with E-state index in [4.69, 9.17) is 4.99 Å². The average molecular weight is 557 g/mol. The minimum absolute atomic E-state index is 0. The standard InChI is InChI=1S/C24H40N6O.HI/c1-3-25-24(26-11-15-29-13-7-12-28(2)16-17-29)27-19-22-18-23(31)30(20-22)14-10-21-8-5-4-6-9-21;/h4-6,8-9,22H,3,7,10-20H2,1-2H3,(H2,25,26,27);1H. The van der Waals surface area contributed by atoms with Gasteiger partial charge in [0.15, 0.2) is 5.96 Å². The van der Waals surface area contributed by atoms with Crippen LogP contribution in [0.1, 0.15) is 25.3 Å². The summed E-state index contributed by atoms with van der Waals surface area (Å²) in [7, 11) is 2.20. The molecule has 1 amide bonds. The maximum Gasteiger partial charge on any atom is 0.223 e. The van der Waals surface area contributed by atoms with E-state index in [2.05, 4.69) is 58.7 Å². The van der Waals surface area contributed by atoms with Crippen molar-refractivity contribution in [2.24, 2.45) is 10.9 Å². The summed E-state index contributed by atoms with van der Waals surface area (Å²) in [5, 5.41) is 6.82. The summed E-state index contributed by atoms with van der Waals surface area (Å²) in [6, 6.07) is 10.4. The van der Waals surface area contributed by atoms with Crippen LogP contribution in [0, 0.1) is 5.92 Å². The number of hydrogen-bond donors (Lipinski definition) is 2. The van der Waals surface area contributed by atoms with Gasteiger partial charge in [-0.25, -0.2) is 0 Å². The van der Waals surface area contributed by atoms with E-state index in [0.717, 1.165) is 58.2 Å². The van der Waals surface area contributed by atoms with Crippen molar-refractivity contribution in [2.45, 2.75) is 26.2 Å². The zero-order valence-electron chi connectivity index (χ0n) is 19.8. The molecule has 2 saturated heterocycles. The van der Waals surface area contributed by atoms with E-state index < -0.39 is 0 Å². The van der Waals surface area contributed by atoms with Crippen LogP contribution in [-0.4, -0.2) is 99.1 Å². The molecule has 1 unspecified atom stereocenters. The van der Waals surface area contributed by atoms with Crippen LogP contribution in [0.5, 0.6) is 0 Å². The SMILES string of the molecule is CCNC(=NCC1CC(=O)N(CCc2ccccc2)C1)NCCN1CCCN(C)CC1.I. The van der Waals surface area contributed by atoms with Gasteiger partial charge in [-0.3, -0.25) is 9.79 Å². The summed E-state index contributed by atoms with van der Waals surface area (Å²) in [5.74, 6) is 1.43. The van der Waals surface area contributed by atoms with Crippen molar-refractivity contribution in [1.29, 1.82) is 0 Å². The van der Waals surface area contributed by atoms with Crippen LogP contribution in [0.3, 0.4) is 0 Å². The molecular formula is C24H41IN6O. The quantitative estimate of drug-likeness (QED) is 0.277. The molecule has 3 rings (SSSR count). The second-order valence-corrected chi connectivity index (χ2v) is 8.79. The first-order valence-electron chi connectivity index (χ1n) is 11.9. The van der Waals surface area contributed by atoms with Crippen molar-refractivity contribution in [3.05, 3.63) is 35.9 Å². The number of carbonyl (C=O) groups is 1. The van der Waals surface area contributed by atoms with Crippen LogP contribution in [0.15, 0.2) is 35.3 Å². The van der Waals surface area contributed by atoms with E-state index in [1.54, 1.807) is 0 Å². The summed E-state index contributed by atoms with van der Waals surface area (Å²) in [6.45, 7) is 11.8. The average Bonchev–Trinajstić information content (AvgIpc) is 3.00. The summed E-state index contributed by atoms with van der Waals surface area (Å²) >= 11 is 0. The molecule has 8 heteroatoms. The Morgan fingerprint density at radius 1 is 1.09 bits per heavy atom. The fourth-order valence-electron chi connectivity index (χ4n) is 4.32. The number of nitrogens with zero attached hydrogens (tertiary/aromatic N) is 4. The Labute approximate surface area is 211 Å². The second-order valence-electron chi connectivity index (χ2n) is 8.79. The maximum absolute atomic E-state index is 12.4. The number of carbonyl (C=O) groups excluding carboxylic acids is 1. The van der Waals surface area contributed by atoms with E-state index >= 15 is 0 Å². The summed E-state index contributed by atoms with van der Waals surface area (Å²) in [6.07, 6.45) is 2.76. The Bertz CT molecular complexity index is 701. The molecule has 2 fully saturated rings. The predicted molar refractivity (Wildman–Crippen MR) is 143 cm³/mol. The van der Waals surface area contributed by atoms with Gasteiger partial charge < -0.3 is 25.3 Å². The van der Waals surface area contributed by atoms with Crippen LogP contribution >= 0.6 is 24.0 Å². The number of hydrogen-bond acceptors (Lipinski definition) is 4. The van der Waals surface area contributed by atoms with Crippen molar-refractivity contribution in [2.75, 3.05) is 72.5 Å². The van der Waals surface area contributed by atoms with Crippen molar-refractivity contribution in [1.82, 2.24) is 25.3 Å². The molecule has 1 aromatic rings. The van der Waals surface area contributed by atoms with E-state index in [-0.39, 0.29) is 29.9 Å². The third-order valence-electron chi connectivity index (χ3n) is 6.19. The monoisotopic (exact) mass is 556 g/mol. The number of benzene rings is 1. The van der Waals surface area contributed by atoms with Crippen LogP contribution in [0.4, 0.5) is 0 Å². The zero-order chi connectivity index (χ0) is 21.9. The largest absolute Gasteiger partial charge is 0.357 e. The number of guanidine groups is 1. The highest BCUT2D eigenvalue weighted by molar-refractivity contribution is 14.0. The van der Waals surface area contributed by atoms with Gasteiger partial charge in [0.1, 0.15) is 0 Å². The second kappa shape index (κ2) is 14.7. The molecule has 180 valence electrons. The molecule has 2 aliphatic rings. The third kappa shape index (κ3) is 9.23. The zero-order valence-corrected chi connectivity index (χ0v) is 22.1. The van der Waals surface area contributed by atoms with Crippen LogP contribution in [-0.2, 0) is 11.2 Å². The normalized spacial score (nSPS) is 20.7. The molecule has 1 aromatic carbocycles. The van der Waals surface area contributed by atoms with Gasteiger partial charge in [0.25, 0.3) is 0 Å². The highest BCUT2D eigenvalue weighted by Crippen LogP contribution is 2.18. The van der Waals surface area contributed by atoms with Gasteiger partial charge in [-0.05, 0) is 45.5 Å². The maximum atomic E-state index is 12.4. The number of halogens is 1. The molecule has 0 radical (unpaired) electrons. The molecule has 2 aliphatic heterocycles. The molecule has 0 bridgehead atoms. The molecule has 0 aliphatic carbocycles. The highest BCUT2D eigenvalue weighted by atomic mass is 127. The molecule has 2 heterocycles. The molecular weight excluding hydrogens is 515 g/mol. The van der Waals surface area contributed by atoms with Gasteiger partial charge in [0.2, 0.25) is 5.91 Å². The Kier molecular flexibility index (Phi) is 12.3. The van der Waals surface area contributed by atoms with Gasteiger partial charge in [0, 0.05) is 64.7 Å². The molecule has 0 aromatic heterocycles. The fourth-order valence-corrected chi connectivity index (χ4v) is 4.32. The number of likely N-dealkylation sites (tertiary alicyclic amines) is 1. The fraction of sp³-hybridized carbons (Fsp3) is 0.667. The summed E-state index contributed by atoms with van der Waals surface area (Å²) in [5.41, 5.74) is 1.28. The minimum Gasteiger partial charge on any atom is -0.357 e. The Hall–Kier alpha value is -1.39. The molecule has 7 nitrogen and oxygen atoms in total. The lowest BCUT2D eigenvalue weighted by Crippen LogP contribution is -2.42. The predicted octanol–water partition coefficient (Wildman–Crippen LogP) is 1.89. The van der Waals surface area contributed by atoms with Gasteiger partial charge in [-0.15, -0.1) is 24.0 Å². The van der Waals surface area contributed by atoms with Gasteiger partial charge in [-0.2, -0.15) is 0 Å². The van der Waals surface area contributed by atoms with Crippen molar-refractivity contribution >= 4 is 35.8 Å². The van der Waals surface area contributed by atoms with E-state index in [1.165, 1.54) is 25.1 Å². The third-order valence-corrected chi connectivity index (χ3v) is 6.19. The topological polar surface area (TPSA) is 63.2 Å². The van der Waals surface area contributed by atoms with Crippen LogP contribution in [0.2, 0.25) is 0 Å². The number of amides is 1. The molecule has 2 N–H and O–H groups in total. The van der Waals surface area contributed by atoms with Gasteiger partial charge in [0.05, 0.1) is 0 Å². The number of likely N-dealkylation sites (N-methyl/N-ethyl adjacent to an activating group) is 1. The number of nitrogens with one attached hydrogen (secondary N) is 2. The van der Waals surface area contributed by atoms with Crippen LogP contribution < -0.4 is 10.6 Å². The minimum atomic E-state index is 0. The molecule has 0 spiro atoms. The number of rotatable bonds is 9. The van der Waals surface area contributed by atoms with E-state index in [0.29, 0.717) is 18.9 Å². The number of aliphatic imine (C=N–C) groups is 1. The lowest BCUT2D eigenvalue weighted by atomic mass is 10.1. The first-order chi connectivity index (χ1) is 15.1. The lowest BCUT2D eigenvalue weighted by Gasteiger charge is -2.21. The first kappa shape index (κ1) is 26.9. The van der Waals surface area contributed by atoms with E-state index in [9.17, 15) is 4.79 Å². The smallest absolute Gasteiger partial charge is 0.223 e. The lowest BCUT2D eigenvalue weighted by molar-refractivity contribution is -0.127. The van der Waals surface area contributed by atoms with Crippen molar-refractivity contribution in [3.63, 3.8) is 0 Å². The van der Waals surface area contributed by atoms with Gasteiger partial charge in [-0.1, -0.05) is 30.3 Å². The Morgan fingerprint density at radius 2 is 1.91 bits per heavy atom. The Balaban J connectivity index is 0.00000363. The molecule has 0 saturated carbocycles. The van der Waals surface area contributed by atoms with Crippen molar-refractivity contribution < 1.29 is 4.79 Å². The van der Waals surface area contributed by atoms with Crippen LogP contribution in [0.25, 0.3) is 0 Å².